The largest absolute Gasteiger partial charge is 0.356 e. The highest BCUT2D eigenvalue weighted by Gasteiger charge is 2.29. The van der Waals surface area contributed by atoms with E-state index in [1.54, 1.807) is 0 Å². The summed E-state index contributed by atoms with van der Waals surface area (Å²) in [4.78, 5) is 24.5. The van der Waals surface area contributed by atoms with Gasteiger partial charge in [-0.15, -0.1) is 0 Å². The number of benzene rings is 1. The molecule has 4 heteroatoms. The summed E-state index contributed by atoms with van der Waals surface area (Å²) in [7, 11) is 0. The quantitative estimate of drug-likeness (QED) is 0.834. The number of anilines is 1. The fourth-order valence-corrected chi connectivity index (χ4v) is 3.13. The first-order valence-electron chi connectivity index (χ1n) is 9.17. The van der Waals surface area contributed by atoms with Crippen molar-refractivity contribution in [2.45, 2.75) is 52.9 Å². The number of amides is 2. The van der Waals surface area contributed by atoms with Gasteiger partial charge in [0.1, 0.15) is 0 Å². The van der Waals surface area contributed by atoms with Gasteiger partial charge in [-0.3, -0.25) is 9.59 Å². The van der Waals surface area contributed by atoms with Gasteiger partial charge in [-0.2, -0.15) is 0 Å². The van der Waals surface area contributed by atoms with Crippen LogP contribution < -0.4 is 10.6 Å². The van der Waals surface area contributed by atoms with Crippen molar-refractivity contribution in [2.24, 2.45) is 17.8 Å². The fourth-order valence-electron chi connectivity index (χ4n) is 3.13. The molecule has 2 N–H and O–H groups in total. The van der Waals surface area contributed by atoms with Gasteiger partial charge in [-0.25, -0.2) is 0 Å². The number of aryl methyl sites for hydroxylation is 1. The summed E-state index contributed by atoms with van der Waals surface area (Å²) < 4.78 is 0. The molecule has 1 saturated carbocycles. The van der Waals surface area contributed by atoms with Crippen molar-refractivity contribution in [3.05, 3.63) is 29.8 Å². The lowest BCUT2D eigenvalue weighted by Gasteiger charge is -2.27. The normalized spacial score (nSPS) is 20.7. The fraction of sp³-hybridized carbons (Fsp3) is 0.600. The Hall–Kier alpha value is -1.84. The van der Waals surface area contributed by atoms with Crippen molar-refractivity contribution >= 4 is 17.5 Å². The maximum Gasteiger partial charge on any atom is 0.227 e. The van der Waals surface area contributed by atoms with Crippen molar-refractivity contribution in [1.82, 2.24) is 5.32 Å². The maximum atomic E-state index is 12.4. The summed E-state index contributed by atoms with van der Waals surface area (Å²) in [6.45, 7) is 7.03. The molecule has 0 aromatic heterocycles. The zero-order valence-corrected chi connectivity index (χ0v) is 15.1. The van der Waals surface area contributed by atoms with E-state index in [1.165, 1.54) is 5.56 Å². The molecular weight excluding hydrogens is 300 g/mol. The van der Waals surface area contributed by atoms with Crippen LogP contribution in [0, 0.1) is 17.8 Å². The van der Waals surface area contributed by atoms with Gasteiger partial charge in [0.25, 0.3) is 0 Å². The Morgan fingerprint density at radius 1 is 1.00 bits per heavy atom. The molecule has 1 aliphatic rings. The highest BCUT2D eigenvalue weighted by atomic mass is 16.2. The van der Waals surface area contributed by atoms with E-state index in [0.717, 1.165) is 44.3 Å². The van der Waals surface area contributed by atoms with Crippen molar-refractivity contribution in [2.75, 3.05) is 11.9 Å². The lowest BCUT2D eigenvalue weighted by Crippen LogP contribution is -2.36. The average molecular weight is 330 g/mol. The molecule has 1 aromatic carbocycles. The monoisotopic (exact) mass is 330 g/mol. The lowest BCUT2D eigenvalue weighted by atomic mass is 9.81. The third kappa shape index (κ3) is 5.36. The van der Waals surface area contributed by atoms with Gasteiger partial charge < -0.3 is 10.6 Å². The van der Waals surface area contributed by atoms with Gasteiger partial charge in [0.05, 0.1) is 0 Å². The van der Waals surface area contributed by atoms with E-state index >= 15 is 0 Å². The highest BCUT2D eigenvalue weighted by Crippen LogP contribution is 2.30. The molecule has 24 heavy (non-hydrogen) atoms. The smallest absolute Gasteiger partial charge is 0.227 e. The molecule has 0 aliphatic heterocycles. The van der Waals surface area contributed by atoms with Crippen molar-refractivity contribution in [3.8, 4) is 0 Å². The SMILES string of the molecule is CCc1ccc(NC(=O)C2CCC(C(=O)NCC(C)C)CC2)cc1. The van der Waals surface area contributed by atoms with Crippen LogP contribution in [-0.2, 0) is 16.0 Å². The molecule has 1 aromatic rings. The van der Waals surface area contributed by atoms with Crippen molar-refractivity contribution < 1.29 is 9.59 Å². The van der Waals surface area contributed by atoms with E-state index in [1.807, 2.05) is 24.3 Å². The van der Waals surface area contributed by atoms with Gasteiger partial charge in [-0.05, 0) is 55.7 Å². The number of hydrogen-bond acceptors (Lipinski definition) is 2. The summed E-state index contributed by atoms with van der Waals surface area (Å²) in [5.41, 5.74) is 2.12. The average Bonchev–Trinajstić information content (AvgIpc) is 2.60. The molecule has 4 nitrogen and oxygen atoms in total. The molecule has 0 atom stereocenters. The topological polar surface area (TPSA) is 58.2 Å². The van der Waals surface area contributed by atoms with E-state index in [-0.39, 0.29) is 23.7 Å². The molecular formula is C20H30N2O2. The first-order valence-corrected chi connectivity index (χ1v) is 9.17. The molecule has 0 unspecified atom stereocenters. The number of carbonyl (C=O) groups is 2. The van der Waals surface area contributed by atoms with Crippen LogP contribution in [0.1, 0.15) is 52.0 Å². The molecule has 2 rings (SSSR count). The molecule has 132 valence electrons. The maximum absolute atomic E-state index is 12.4. The Balaban J connectivity index is 1.78. The van der Waals surface area contributed by atoms with Gasteiger partial charge in [0.2, 0.25) is 11.8 Å². The van der Waals surface area contributed by atoms with Gasteiger partial charge in [-0.1, -0.05) is 32.9 Å². The number of nitrogens with one attached hydrogen (secondary N) is 2. The van der Waals surface area contributed by atoms with Gasteiger partial charge in [0, 0.05) is 24.1 Å². The molecule has 1 aliphatic carbocycles. The van der Waals surface area contributed by atoms with E-state index in [0.29, 0.717) is 5.92 Å². The zero-order valence-electron chi connectivity index (χ0n) is 15.1. The predicted octanol–water partition coefficient (Wildman–Crippen LogP) is 3.77. The van der Waals surface area contributed by atoms with E-state index < -0.39 is 0 Å². The van der Waals surface area contributed by atoms with E-state index in [2.05, 4.69) is 31.4 Å². The minimum Gasteiger partial charge on any atom is -0.356 e. The molecule has 1 fully saturated rings. The van der Waals surface area contributed by atoms with Gasteiger partial charge >= 0.3 is 0 Å². The van der Waals surface area contributed by atoms with Crippen molar-refractivity contribution in [1.29, 1.82) is 0 Å². The van der Waals surface area contributed by atoms with Gasteiger partial charge in [0.15, 0.2) is 0 Å². The Morgan fingerprint density at radius 3 is 2.04 bits per heavy atom. The number of hydrogen-bond donors (Lipinski definition) is 2. The second kappa shape index (κ2) is 8.86. The molecule has 0 bridgehead atoms. The Bertz CT molecular complexity index is 543. The third-order valence-electron chi connectivity index (χ3n) is 4.78. The van der Waals surface area contributed by atoms with Crippen LogP contribution in [0.5, 0.6) is 0 Å². The summed E-state index contributed by atoms with van der Waals surface area (Å²) >= 11 is 0. The minimum absolute atomic E-state index is 0.0185. The number of carbonyl (C=O) groups excluding carboxylic acids is 2. The zero-order chi connectivity index (χ0) is 17.5. The predicted molar refractivity (Wildman–Crippen MR) is 97.7 cm³/mol. The van der Waals surface area contributed by atoms with Crippen LogP contribution in [-0.4, -0.2) is 18.4 Å². The molecule has 0 spiro atoms. The van der Waals surface area contributed by atoms with Crippen LogP contribution in [0.4, 0.5) is 5.69 Å². The Kier molecular flexibility index (Phi) is 6.83. The second-order valence-corrected chi connectivity index (χ2v) is 7.23. The minimum atomic E-state index is 0.0185. The lowest BCUT2D eigenvalue weighted by molar-refractivity contribution is -0.128. The first-order chi connectivity index (χ1) is 11.5. The van der Waals surface area contributed by atoms with Crippen LogP contribution in [0.25, 0.3) is 0 Å². The first kappa shape index (κ1) is 18.5. The van der Waals surface area contributed by atoms with E-state index in [9.17, 15) is 9.59 Å². The Labute approximate surface area is 145 Å². The molecule has 0 saturated heterocycles. The summed E-state index contributed by atoms with van der Waals surface area (Å²) in [6, 6.07) is 8.01. The second-order valence-electron chi connectivity index (χ2n) is 7.23. The summed E-state index contributed by atoms with van der Waals surface area (Å²) in [5, 5.41) is 6.01. The van der Waals surface area contributed by atoms with Crippen LogP contribution >= 0.6 is 0 Å². The molecule has 2 amide bonds. The standard InChI is InChI=1S/C20H30N2O2/c1-4-15-5-11-18(12-6-15)22-20(24)17-9-7-16(8-10-17)19(23)21-13-14(2)3/h5-6,11-12,14,16-17H,4,7-10,13H2,1-3H3,(H,21,23)(H,22,24). The Morgan fingerprint density at radius 2 is 1.54 bits per heavy atom. The number of rotatable bonds is 6. The van der Waals surface area contributed by atoms with Crippen LogP contribution in [0.15, 0.2) is 24.3 Å². The summed E-state index contributed by atoms with van der Waals surface area (Å²) in [6.07, 6.45) is 4.18. The summed E-state index contributed by atoms with van der Waals surface area (Å²) in [5.74, 6) is 0.787. The van der Waals surface area contributed by atoms with Crippen LogP contribution in [0.2, 0.25) is 0 Å². The molecule has 0 radical (unpaired) electrons. The van der Waals surface area contributed by atoms with Crippen LogP contribution in [0.3, 0.4) is 0 Å². The molecule has 0 heterocycles. The highest BCUT2D eigenvalue weighted by molar-refractivity contribution is 5.92. The third-order valence-corrected chi connectivity index (χ3v) is 4.78. The van der Waals surface area contributed by atoms with E-state index in [4.69, 9.17) is 0 Å². The van der Waals surface area contributed by atoms with Crippen molar-refractivity contribution in [3.63, 3.8) is 0 Å².